The Morgan fingerprint density at radius 2 is 1.23 bits per heavy atom. The maximum Gasteiger partial charge on any atom is 0.231 e. The Morgan fingerprint density at radius 1 is 0.545 bits per heavy atom. The van der Waals surface area contributed by atoms with E-state index >= 15 is 0 Å². The van der Waals surface area contributed by atoms with Gasteiger partial charge >= 0.3 is 0 Å². The van der Waals surface area contributed by atoms with Crippen LogP contribution in [-0.4, -0.2) is 21.9 Å². The van der Waals surface area contributed by atoms with Crippen LogP contribution in [0.15, 0.2) is 168 Å². The summed E-state index contributed by atoms with van der Waals surface area (Å²) >= 11 is 0. The number of anilines is 3. The predicted molar refractivity (Wildman–Crippen MR) is 180 cm³/mol. The fourth-order valence-electron chi connectivity index (χ4n) is 5.98. The minimum absolute atomic E-state index is 0.599. The predicted octanol–water partition coefficient (Wildman–Crippen LogP) is 10.0. The number of fused-ring (bicyclic) bond motifs is 2. The first kappa shape index (κ1) is 25.7. The fourth-order valence-corrected chi connectivity index (χ4v) is 5.98. The third kappa shape index (κ3) is 4.71. The molecule has 0 unspecified atom stereocenters. The second kappa shape index (κ2) is 11.0. The molecule has 2 heterocycles. The van der Waals surface area contributed by atoms with Gasteiger partial charge in [-0.1, -0.05) is 84.9 Å². The van der Waals surface area contributed by atoms with Crippen molar-refractivity contribution >= 4 is 50.0 Å². The van der Waals surface area contributed by atoms with E-state index in [1.54, 1.807) is 0 Å². The third-order valence-electron chi connectivity index (χ3n) is 8.12. The van der Waals surface area contributed by atoms with E-state index in [0.29, 0.717) is 6.54 Å². The standard InChI is InChI=1S/C39H28N5/c1-2-14-32(15-3-1)44(39-35-17-6-4-11-29(35)25-30-12-5-7-18-36(30)39)33-22-20-28(21-23-33)38-27-43(42-41-38)34-16-10-13-31(26-34)37-19-8-9-24-40-37/h1-26H,27H2/q+1. The molecule has 5 nitrogen and oxygen atoms in total. The molecule has 8 rings (SSSR count). The van der Waals surface area contributed by atoms with E-state index in [1.165, 1.54) is 27.2 Å². The monoisotopic (exact) mass is 566 g/mol. The SMILES string of the molecule is c1ccc(N(c2ccc(C3=NN=[N+](c4cccc(-c5ccccn5)c4)C3)cc2)c2c3ccccc3cc3ccccc23)cc1. The molecule has 0 spiro atoms. The third-order valence-corrected chi connectivity index (χ3v) is 8.12. The molecule has 5 heteroatoms. The molecule has 208 valence electrons. The number of pyridine rings is 1. The summed E-state index contributed by atoms with van der Waals surface area (Å²) in [7, 11) is 0. The molecule has 44 heavy (non-hydrogen) atoms. The average molecular weight is 567 g/mol. The van der Waals surface area contributed by atoms with Crippen molar-refractivity contribution in [1.82, 2.24) is 4.98 Å². The lowest BCUT2D eigenvalue weighted by Gasteiger charge is -2.28. The molecular weight excluding hydrogens is 538 g/mol. The topological polar surface area (TPSA) is 43.9 Å². The number of hydrogen-bond acceptors (Lipinski definition) is 4. The molecule has 0 aliphatic carbocycles. The molecule has 0 N–H and O–H groups in total. The van der Waals surface area contributed by atoms with Gasteiger partial charge in [-0.3, -0.25) is 4.98 Å². The van der Waals surface area contributed by atoms with Crippen LogP contribution in [0.5, 0.6) is 0 Å². The smallest absolute Gasteiger partial charge is 0.231 e. The molecule has 0 bridgehead atoms. The van der Waals surface area contributed by atoms with Gasteiger partial charge in [-0.15, -0.1) is 4.70 Å². The minimum atomic E-state index is 0.599. The lowest BCUT2D eigenvalue weighted by Crippen LogP contribution is -2.13. The van der Waals surface area contributed by atoms with Crippen molar-refractivity contribution in [1.29, 1.82) is 0 Å². The molecule has 0 atom stereocenters. The zero-order chi connectivity index (χ0) is 29.3. The van der Waals surface area contributed by atoms with E-state index < -0.39 is 0 Å². The Kier molecular flexibility index (Phi) is 6.46. The van der Waals surface area contributed by atoms with Crippen LogP contribution in [0.2, 0.25) is 0 Å². The molecule has 0 amide bonds. The van der Waals surface area contributed by atoms with Gasteiger partial charge in [-0.25, -0.2) is 0 Å². The number of para-hydroxylation sites is 1. The number of benzene rings is 6. The van der Waals surface area contributed by atoms with E-state index in [-0.39, 0.29) is 0 Å². The Bertz CT molecular complexity index is 2130. The Balaban J connectivity index is 1.14. The van der Waals surface area contributed by atoms with Gasteiger partial charge in [0.15, 0.2) is 12.2 Å². The van der Waals surface area contributed by atoms with E-state index in [9.17, 15) is 0 Å². The van der Waals surface area contributed by atoms with Gasteiger partial charge in [0.2, 0.25) is 5.71 Å². The molecule has 0 saturated heterocycles. The van der Waals surface area contributed by atoms with Crippen LogP contribution in [0.3, 0.4) is 0 Å². The first-order valence-electron chi connectivity index (χ1n) is 14.7. The summed E-state index contributed by atoms with van der Waals surface area (Å²) in [5.41, 5.74) is 8.32. The molecule has 0 saturated carbocycles. The quantitative estimate of drug-likeness (QED) is 0.148. The van der Waals surface area contributed by atoms with Gasteiger partial charge in [-0.05, 0) is 77.5 Å². The molecule has 0 radical (unpaired) electrons. The van der Waals surface area contributed by atoms with Crippen LogP contribution in [0.25, 0.3) is 32.8 Å². The summed E-state index contributed by atoms with van der Waals surface area (Å²) in [4.78, 5) is 6.86. The molecular formula is C39H28N5+. The Morgan fingerprint density at radius 3 is 1.95 bits per heavy atom. The number of hydrogen-bond donors (Lipinski definition) is 0. The van der Waals surface area contributed by atoms with Crippen molar-refractivity contribution in [3.8, 4) is 11.3 Å². The summed E-state index contributed by atoms with van der Waals surface area (Å²) in [6, 6.07) is 53.0. The highest BCUT2D eigenvalue weighted by molar-refractivity contribution is 6.14. The molecule has 1 aromatic heterocycles. The largest absolute Gasteiger partial charge is 0.309 e. The van der Waals surface area contributed by atoms with Crippen molar-refractivity contribution in [3.05, 3.63) is 163 Å². The number of rotatable bonds is 6. The average Bonchev–Trinajstić information content (AvgIpc) is 3.60. The highest BCUT2D eigenvalue weighted by Gasteiger charge is 2.25. The number of aromatic nitrogens is 1. The van der Waals surface area contributed by atoms with Crippen molar-refractivity contribution < 1.29 is 4.70 Å². The van der Waals surface area contributed by atoms with Crippen LogP contribution in [0.1, 0.15) is 5.56 Å². The van der Waals surface area contributed by atoms with E-state index in [0.717, 1.165) is 39.6 Å². The summed E-state index contributed by atoms with van der Waals surface area (Å²) in [6.07, 6.45) is 1.81. The summed E-state index contributed by atoms with van der Waals surface area (Å²) in [5, 5.41) is 13.9. The second-order valence-corrected chi connectivity index (χ2v) is 10.8. The van der Waals surface area contributed by atoms with Gasteiger partial charge < -0.3 is 4.90 Å². The van der Waals surface area contributed by atoms with Crippen molar-refractivity contribution in [2.24, 2.45) is 10.3 Å². The van der Waals surface area contributed by atoms with E-state index in [4.69, 9.17) is 0 Å². The van der Waals surface area contributed by atoms with Crippen LogP contribution in [0.4, 0.5) is 22.7 Å². The number of nitrogens with zero attached hydrogens (tertiary/aromatic N) is 5. The van der Waals surface area contributed by atoms with Crippen LogP contribution >= 0.6 is 0 Å². The van der Waals surface area contributed by atoms with E-state index in [1.807, 2.05) is 35.2 Å². The lowest BCUT2D eigenvalue weighted by atomic mass is 9.99. The minimum Gasteiger partial charge on any atom is -0.309 e. The van der Waals surface area contributed by atoms with Gasteiger partial charge in [-0.2, -0.15) is 0 Å². The zero-order valence-corrected chi connectivity index (χ0v) is 24.0. The Labute approximate surface area is 255 Å². The van der Waals surface area contributed by atoms with Gasteiger partial charge in [0.05, 0.1) is 16.5 Å². The van der Waals surface area contributed by atoms with Crippen LogP contribution < -0.4 is 4.90 Å². The van der Waals surface area contributed by atoms with Crippen LogP contribution in [0, 0.1) is 0 Å². The highest BCUT2D eigenvalue weighted by Crippen LogP contribution is 2.43. The normalized spacial score (nSPS) is 12.7. The highest BCUT2D eigenvalue weighted by atomic mass is 15.5. The maximum atomic E-state index is 4.58. The second-order valence-electron chi connectivity index (χ2n) is 10.8. The molecule has 6 aromatic carbocycles. The lowest BCUT2D eigenvalue weighted by molar-refractivity contribution is -0.492. The Hall–Kier alpha value is -5.94. The van der Waals surface area contributed by atoms with Gasteiger partial charge in [0, 0.05) is 39.5 Å². The van der Waals surface area contributed by atoms with Crippen molar-refractivity contribution in [3.63, 3.8) is 0 Å². The molecule has 1 aliphatic heterocycles. The molecule has 1 aliphatic rings. The summed E-state index contributed by atoms with van der Waals surface area (Å²) in [5.74, 6) is 0. The first-order chi connectivity index (χ1) is 21.8. The zero-order valence-electron chi connectivity index (χ0n) is 24.0. The van der Waals surface area contributed by atoms with Crippen molar-refractivity contribution in [2.75, 3.05) is 11.4 Å². The van der Waals surface area contributed by atoms with Gasteiger partial charge in [0.1, 0.15) is 5.22 Å². The first-order valence-corrected chi connectivity index (χ1v) is 14.7. The fraction of sp³-hybridized carbons (Fsp3) is 0.0256. The van der Waals surface area contributed by atoms with Gasteiger partial charge in [0.25, 0.3) is 0 Å². The molecule has 7 aromatic rings. The summed E-state index contributed by atoms with van der Waals surface area (Å²) in [6.45, 7) is 0.599. The van der Waals surface area contributed by atoms with Crippen molar-refractivity contribution in [2.45, 2.75) is 0 Å². The summed E-state index contributed by atoms with van der Waals surface area (Å²) < 4.78 is 1.94. The maximum absolute atomic E-state index is 4.58. The van der Waals surface area contributed by atoms with E-state index in [2.05, 4.69) is 148 Å². The molecule has 0 fully saturated rings. The van der Waals surface area contributed by atoms with Crippen LogP contribution in [-0.2, 0) is 0 Å².